The van der Waals surface area contributed by atoms with Crippen LogP contribution in [0.5, 0.6) is 0 Å². The molecule has 2 aromatic rings. The van der Waals surface area contributed by atoms with Crippen LogP contribution in [0.3, 0.4) is 0 Å². The molecule has 2 heterocycles. The van der Waals surface area contributed by atoms with Crippen LogP contribution in [0.4, 0.5) is 26.3 Å². The van der Waals surface area contributed by atoms with Crippen LogP contribution < -0.4 is 0 Å². The van der Waals surface area contributed by atoms with Crippen LogP contribution in [0.2, 0.25) is 0 Å². The van der Waals surface area contributed by atoms with Gasteiger partial charge in [-0.25, -0.2) is 0 Å². The minimum absolute atomic E-state index is 0.230. The molecule has 0 atom stereocenters. The molecule has 16 heteroatoms. The van der Waals surface area contributed by atoms with Crippen LogP contribution in [0.15, 0.2) is 36.4 Å². The number of amides is 4. The molecule has 2 aromatic carbocycles. The SMILES string of the molecule is O=C(Cl)CN1C(=O)c2ccc(C(c3ccc4c(c3)C(=O)N(CC(=O)Cl)C4=O)(C(F)(F)F)C(F)(F)F)cc2C1=O. The molecule has 0 fully saturated rings. The van der Waals surface area contributed by atoms with Gasteiger partial charge in [0.05, 0.1) is 22.3 Å². The first-order valence-electron chi connectivity index (χ1n) is 10.4. The van der Waals surface area contributed by atoms with Crippen LogP contribution in [-0.2, 0) is 15.0 Å². The minimum atomic E-state index is -6.15. The number of hydrogen-bond acceptors (Lipinski definition) is 6. The zero-order chi connectivity index (χ0) is 29.2. The van der Waals surface area contributed by atoms with Crippen LogP contribution >= 0.6 is 23.2 Å². The quantitative estimate of drug-likeness (QED) is 0.286. The molecule has 8 nitrogen and oxygen atoms in total. The molecule has 204 valence electrons. The lowest BCUT2D eigenvalue weighted by Crippen LogP contribution is -2.55. The lowest BCUT2D eigenvalue weighted by Gasteiger charge is -2.38. The number of hydrogen-bond donors (Lipinski definition) is 0. The Hall–Kier alpha value is -3.78. The normalized spacial score (nSPS) is 15.7. The molecule has 0 aliphatic carbocycles. The lowest BCUT2D eigenvalue weighted by atomic mass is 9.71. The molecule has 2 aliphatic rings. The van der Waals surface area contributed by atoms with E-state index in [4.69, 9.17) is 23.2 Å². The summed E-state index contributed by atoms with van der Waals surface area (Å²) in [6.45, 7) is -1.95. The van der Waals surface area contributed by atoms with Gasteiger partial charge < -0.3 is 0 Å². The zero-order valence-corrected chi connectivity index (χ0v) is 20.3. The highest BCUT2D eigenvalue weighted by atomic mass is 35.5. The van der Waals surface area contributed by atoms with Crippen LogP contribution in [0.25, 0.3) is 0 Å². The summed E-state index contributed by atoms with van der Waals surface area (Å²) in [5.74, 6) is -5.01. The molecule has 4 rings (SSSR count). The molecule has 0 unspecified atom stereocenters. The summed E-state index contributed by atoms with van der Waals surface area (Å²) >= 11 is 10.4. The fraction of sp³-hybridized carbons (Fsp3) is 0.217. The molecular weight excluding hydrogens is 585 g/mol. The summed E-state index contributed by atoms with van der Waals surface area (Å²) in [5, 5.41) is -2.38. The Labute approximate surface area is 223 Å². The molecule has 0 aromatic heterocycles. The number of rotatable bonds is 6. The van der Waals surface area contributed by atoms with Gasteiger partial charge in [0.2, 0.25) is 15.9 Å². The van der Waals surface area contributed by atoms with E-state index in [2.05, 4.69) is 0 Å². The first-order chi connectivity index (χ1) is 17.9. The highest BCUT2D eigenvalue weighted by Crippen LogP contribution is 2.57. The molecule has 2 aliphatic heterocycles. The van der Waals surface area contributed by atoms with Crippen LogP contribution in [0, 0.1) is 0 Å². The van der Waals surface area contributed by atoms with Crippen molar-refractivity contribution in [2.24, 2.45) is 0 Å². The van der Waals surface area contributed by atoms with Gasteiger partial charge in [-0.3, -0.25) is 38.6 Å². The van der Waals surface area contributed by atoms with Crippen molar-refractivity contribution in [3.8, 4) is 0 Å². The van der Waals surface area contributed by atoms with Crippen molar-refractivity contribution in [3.05, 3.63) is 69.8 Å². The Balaban J connectivity index is 1.96. The second-order valence-electron chi connectivity index (χ2n) is 8.37. The Morgan fingerprint density at radius 1 is 0.590 bits per heavy atom. The van der Waals surface area contributed by atoms with Gasteiger partial charge in [-0.1, -0.05) is 12.1 Å². The number of nitrogens with zero attached hydrogens (tertiary/aromatic N) is 2. The van der Waals surface area contributed by atoms with Gasteiger partial charge in [0.15, 0.2) is 0 Å². The van der Waals surface area contributed by atoms with Crippen molar-refractivity contribution < 1.29 is 55.1 Å². The first-order valence-corrected chi connectivity index (χ1v) is 11.2. The van der Waals surface area contributed by atoms with Gasteiger partial charge in [0.25, 0.3) is 23.6 Å². The molecule has 0 bridgehead atoms. The van der Waals surface area contributed by atoms with Crippen molar-refractivity contribution in [2.75, 3.05) is 13.1 Å². The average Bonchev–Trinajstić information content (AvgIpc) is 3.17. The van der Waals surface area contributed by atoms with Crippen molar-refractivity contribution in [2.45, 2.75) is 17.8 Å². The van der Waals surface area contributed by atoms with Crippen molar-refractivity contribution in [1.82, 2.24) is 9.80 Å². The fourth-order valence-corrected chi connectivity index (χ4v) is 4.80. The molecule has 0 radical (unpaired) electrons. The Morgan fingerprint density at radius 3 is 1.18 bits per heavy atom. The van der Waals surface area contributed by atoms with E-state index >= 15 is 0 Å². The number of carbonyl (C=O) groups is 6. The third-order valence-electron chi connectivity index (χ3n) is 6.22. The highest BCUT2D eigenvalue weighted by molar-refractivity contribution is 6.64. The van der Waals surface area contributed by atoms with Crippen molar-refractivity contribution >= 4 is 57.3 Å². The van der Waals surface area contributed by atoms with Gasteiger partial charge in [-0.15, -0.1) is 0 Å². The van der Waals surface area contributed by atoms with E-state index in [1.165, 1.54) is 0 Å². The van der Waals surface area contributed by atoms with E-state index in [0.29, 0.717) is 24.3 Å². The number of imide groups is 2. The molecule has 39 heavy (non-hydrogen) atoms. The van der Waals surface area contributed by atoms with Gasteiger partial charge in [0.1, 0.15) is 13.1 Å². The second-order valence-corrected chi connectivity index (χ2v) is 9.21. The summed E-state index contributed by atoms with van der Waals surface area (Å²) in [4.78, 5) is 73.0. The maximum absolute atomic E-state index is 14.6. The maximum Gasteiger partial charge on any atom is 0.411 e. The molecule has 4 amide bonds. The molecule has 0 spiro atoms. The lowest BCUT2D eigenvalue weighted by molar-refractivity contribution is -0.288. The molecular formula is C23H10Cl2F6N2O6. The molecule has 0 N–H and O–H groups in total. The maximum atomic E-state index is 14.6. The van der Waals surface area contributed by atoms with Gasteiger partial charge in [-0.2, -0.15) is 26.3 Å². The predicted molar refractivity (Wildman–Crippen MR) is 118 cm³/mol. The number of alkyl halides is 6. The van der Waals surface area contributed by atoms with E-state index in [1.54, 1.807) is 0 Å². The third-order valence-corrected chi connectivity index (χ3v) is 6.46. The van der Waals surface area contributed by atoms with Crippen molar-refractivity contribution in [1.29, 1.82) is 0 Å². The largest absolute Gasteiger partial charge is 0.411 e. The summed E-state index contributed by atoms with van der Waals surface area (Å²) in [7, 11) is 0. The predicted octanol–water partition coefficient (Wildman–Crippen LogP) is 3.82. The Morgan fingerprint density at radius 2 is 0.897 bits per heavy atom. The summed E-state index contributed by atoms with van der Waals surface area (Å²) in [6, 6.07) is 2.30. The number of benzene rings is 2. The number of halogens is 8. The van der Waals surface area contributed by atoms with E-state index in [0.717, 1.165) is 0 Å². The third kappa shape index (κ3) is 4.18. The summed E-state index contributed by atoms with van der Waals surface area (Å²) in [6.07, 6.45) is -12.3. The second kappa shape index (κ2) is 9.16. The fourth-order valence-electron chi connectivity index (χ4n) is 4.57. The van der Waals surface area contributed by atoms with Crippen molar-refractivity contribution in [3.63, 3.8) is 0 Å². The van der Waals surface area contributed by atoms with Gasteiger partial charge in [-0.05, 0) is 58.6 Å². The minimum Gasteiger partial charge on any atom is -0.279 e. The standard InChI is InChI=1S/C23H10Cl2F6N2O6/c24-15(34)7-32-17(36)11-3-1-9(5-13(11)19(32)38)21(22(26,27)28,23(29,30)31)10-2-4-12-14(6-10)20(39)33(18(12)37)8-16(25)35/h1-6H,7-8H2. The van der Waals surface area contributed by atoms with Crippen LogP contribution in [-0.4, -0.2) is 69.4 Å². The topological polar surface area (TPSA) is 109 Å². The first kappa shape index (κ1) is 28.2. The monoisotopic (exact) mass is 594 g/mol. The molecule has 0 saturated carbocycles. The Kier molecular flexibility index (Phi) is 6.63. The summed E-state index contributed by atoms with van der Waals surface area (Å²) < 4.78 is 87.7. The number of carbonyl (C=O) groups excluding carboxylic acids is 6. The smallest absolute Gasteiger partial charge is 0.279 e. The highest BCUT2D eigenvalue weighted by Gasteiger charge is 2.73. The van der Waals surface area contributed by atoms with E-state index in [1.807, 2.05) is 0 Å². The molecule has 0 saturated heterocycles. The van der Waals surface area contributed by atoms with E-state index in [-0.39, 0.29) is 21.9 Å². The number of fused-ring (bicyclic) bond motifs is 2. The average molecular weight is 595 g/mol. The van der Waals surface area contributed by atoms with Gasteiger partial charge in [0, 0.05) is 0 Å². The van der Waals surface area contributed by atoms with Crippen LogP contribution in [0.1, 0.15) is 52.6 Å². The summed E-state index contributed by atoms with van der Waals surface area (Å²) in [5.41, 5.74) is -10.7. The van der Waals surface area contributed by atoms with Gasteiger partial charge >= 0.3 is 12.4 Å². The Bertz CT molecular complexity index is 1390. The zero-order valence-electron chi connectivity index (χ0n) is 18.7. The van der Waals surface area contributed by atoms with E-state index in [9.17, 15) is 55.1 Å². The van der Waals surface area contributed by atoms with E-state index < -0.39 is 98.4 Å².